The SMILES string of the molecule is O=C(O)NCCOCCCc1ccc(-c2cccc3ccncc23)c(OCCc2ccc(-c3cccc4ccncc34)cc2)c1. The molecule has 6 aromatic rings. The van der Waals surface area contributed by atoms with Gasteiger partial charge in [0.05, 0.1) is 13.2 Å². The molecule has 0 aliphatic carbocycles. The molecular formula is C38H35N3O4. The second-order valence-electron chi connectivity index (χ2n) is 10.9. The number of amides is 1. The highest BCUT2D eigenvalue weighted by molar-refractivity contribution is 5.97. The molecule has 45 heavy (non-hydrogen) atoms. The minimum absolute atomic E-state index is 0.283. The summed E-state index contributed by atoms with van der Waals surface area (Å²) in [6.45, 7) is 1.73. The van der Waals surface area contributed by atoms with Gasteiger partial charge in [-0.1, -0.05) is 72.8 Å². The summed E-state index contributed by atoms with van der Waals surface area (Å²) >= 11 is 0. The number of benzene rings is 4. The van der Waals surface area contributed by atoms with E-state index >= 15 is 0 Å². The molecular weight excluding hydrogens is 562 g/mol. The van der Waals surface area contributed by atoms with Crippen molar-refractivity contribution in [2.45, 2.75) is 19.3 Å². The molecule has 0 unspecified atom stereocenters. The number of nitrogens with one attached hydrogen (secondary N) is 1. The van der Waals surface area contributed by atoms with Crippen molar-refractivity contribution in [3.8, 4) is 28.0 Å². The number of ether oxygens (including phenoxy) is 2. The lowest BCUT2D eigenvalue weighted by atomic mass is 9.97. The first-order valence-corrected chi connectivity index (χ1v) is 15.2. The van der Waals surface area contributed by atoms with Gasteiger partial charge in [0.1, 0.15) is 5.75 Å². The first kappa shape index (κ1) is 29.8. The van der Waals surface area contributed by atoms with Gasteiger partial charge < -0.3 is 19.9 Å². The fourth-order valence-corrected chi connectivity index (χ4v) is 5.62. The van der Waals surface area contributed by atoms with E-state index in [1.807, 2.05) is 36.9 Å². The van der Waals surface area contributed by atoms with Gasteiger partial charge in [-0.2, -0.15) is 0 Å². The third kappa shape index (κ3) is 7.45. The third-order valence-corrected chi connectivity index (χ3v) is 7.89. The zero-order chi connectivity index (χ0) is 30.8. The Bertz CT molecular complexity index is 1900. The molecule has 6 rings (SSSR count). The Morgan fingerprint density at radius 1 is 0.689 bits per heavy atom. The van der Waals surface area contributed by atoms with Crippen molar-refractivity contribution in [3.63, 3.8) is 0 Å². The Morgan fingerprint density at radius 2 is 1.38 bits per heavy atom. The van der Waals surface area contributed by atoms with E-state index < -0.39 is 6.09 Å². The number of aromatic nitrogens is 2. The second-order valence-corrected chi connectivity index (χ2v) is 10.9. The monoisotopic (exact) mass is 597 g/mol. The van der Waals surface area contributed by atoms with Crippen molar-refractivity contribution in [1.29, 1.82) is 0 Å². The predicted molar refractivity (Wildman–Crippen MR) is 179 cm³/mol. The van der Waals surface area contributed by atoms with Crippen LogP contribution in [0.2, 0.25) is 0 Å². The maximum absolute atomic E-state index is 10.6. The topological polar surface area (TPSA) is 93.6 Å². The molecule has 0 radical (unpaired) electrons. The lowest BCUT2D eigenvalue weighted by molar-refractivity contribution is 0.130. The highest BCUT2D eigenvalue weighted by Crippen LogP contribution is 2.36. The minimum atomic E-state index is -1.04. The summed E-state index contributed by atoms with van der Waals surface area (Å²) < 4.78 is 12.1. The van der Waals surface area contributed by atoms with Crippen molar-refractivity contribution in [2.24, 2.45) is 0 Å². The number of pyridine rings is 2. The molecule has 0 saturated heterocycles. The summed E-state index contributed by atoms with van der Waals surface area (Å²) in [4.78, 5) is 19.3. The average molecular weight is 598 g/mol. The second kappa shape index (κ2) is 14.5. The van der Waals surface area contributed by atoms with Crippen molar-refractivity contribution < 1.29 is 19.4 Å². The van der Waals surface area contributed by atoms with Gasteiger partial charge in [0.25, 0.3) is 0 Å². The van der Waals surface area contributed by atoms with Crippen LogP contribution >= 0.6 is 0 Å². The van der Waals surface area contributed by atoms with Crippen LogP contribution in [0, 0.1) is 0 Å². The van der Waals surface area contributed by atoms with E-state index in [9.17, 15) is 4.79 Å². The number of carboxylic acid groups (broad SMARTS) is 1. The molecule has 2 heterocycles. The van der Waals surface area contributed by atoms with E-state index in [1.165, 1.54) is 22.1 Å². The maximum atomic E-state index is 10.6. The molecule has 0 saturated carbocycles. The molecule has 0 spiro atoms. The zero-order valence-electron chi connectivity index (χ0n) is 25.0. The van der Waals surface area contributed by atoms with E-state index in [0.717, 1.165) is 57.9 Å². The standard InChI is InChI=1S/C38H35N3O4/c42-38(43)41-20-23-44-21-3-4-28-11-14-34(33-8-2-6-30-16-19-40-26-36(30)33)37(24-28)45-22-17-27-9-12-31(13-10-27)32-7-1-5-29-15-18-39-25-35(29)32/h1-2,5-16,18-19,24-26,41H,3-4,17,20-23H2,(H,42,43). The lowest BCUT2D eigenvalue weighted by Crippen LogP contribution is -2.25. The summed E-state index contributed by atoms with van der Waals surface area (Å²) in [5, 5.41) is 15.5. The Hall–Kier alpha value is -5.27. The first-order chi connectivity index (χ1) is 22.2. The molecule has 0 fully saturated rings. The number of fused-ring (bicyclic) bond motifs is 2. The van der Waals surface area contributed by atoms with E-state index in [1.54, 1.807) is 0 Å². The van der Waals surface area contributed by atoms with Gasteiger partial charge in [0.2, 0.25) is 0 Å². The maximum Gasteiger partial charge on any atom is 0.404 e. The number of rotatable bonds is 13. The van der Waals surface area contributed by atoms with Crippen LogP contribution in [0.5, 0.6) is 5.75 Å². The summed E-state index contributed by atoms with van der Waals surface area (Å²) in [7, 11) is 0. The number of hydrogen-bond donors (Lipinski definition) is 2. The Balaban J connectivity index is 1.16. The fraction of sp³-hybridized carbons (Fsp3) is 0.184. The van der Waals surface area contributed by atoms with E-state index in [4.69, 9.17) is 14.6 Å². The molecule has 0 aliphatic rings. The van der Waals surface area contributed by atoms with Gasteiger partial charge in [-0.15, -0.1) is 0 Å². The van der Waals surface area contributed by atoms with E-state index in [-0.39, 0.29) is 6.54 Å². The molecule has 0 aliphatic heterocycles. The summed E-state index contributed by atoms with van der Waals surface area (Å²) in [6.07, 6.45) is 8.86. The van der Waals surface area contributed by atoms with Crippen LogP contribution < -0.4 is 10.1 Å². The van der Waals surface area contributed by atoms with Crippen LogP contribution in [0.3, 0.4) is 0 Å². The number of carbonyl (C=O) groups is 1. The van der Waals surface area contributed by atoms with Crippen LogP contribution in [-0.2, 0) is 17.6 Å². The van der Waals surface area contributed by atoms with Gasteiger partial charge in [-0.05, 0) is 69.6 Å². The molecule has 2 N–H and O–H groups in total. The summed E-state index contributed by atoms with van der Waals surface area (Å²) in [5.41, 5.74) is 6.84. The molecule has 4 aromatic carbocycles. The first-order valence-electron chi connectivity index (χ1n) is 15.2. The molecule has 2 aromatic heterocycles. The van der Waals surface area contributed by atoms with E-state index in [2.05, 4.69) is 94.1 Å². The molecule has 226 valence electrons. The van der Waals surface area contributed by atoms with Gasteiger partial charge in [0, 0.05) is 60.7 Å². The predicted octanol–water partition coefficient (Wildman–Crippen LogP) is 7.96. The van der Waals surface area contributed by atoms with Crippen LogP contribution in [0.4, 0.5) is 4.79 Å². The number of nitrogens with zero attached hydrogens (tertiary/aromatic N) is 2. The van der Waals surface area contributed by atoms with Crippen molar-refractivity contribution in [3.05, 3.63) is 127 Å². The number of hydrogen-bond acceptors (Lipinski definition) is 5. The van der Waals surface area contributed by atoms with Crippen LogP contribution in [-0.4, -0.2) is 47.5 Å². The summed E-state index contributed by atoms with van der Waals surface area (Å²) in [5.74, 6) is 0.843. The van der Waals surface area contributed by atoms with Crippen molar-refractivity contribution in [2.75, 3.05) is 26.4 Å². The average Bonchev–Trinajstić information content (AvgIpc) is 3.08. The fourth-order valence-electron chi connectivity index (χ4n) is 5.62. The number of aryl methyl sites for hydroxylation is 1. The van der Waals surface area contributed by atoms with Gasteiger partial charge >= 0.3 is 6.09 Å². The quantitative estimate of drug-likeness (QED) is 0.131. The molecule has 1 amide bonds. The molecule has 7 nitrogen and oxygen atoms in total. The van der Waals surface area contributed by atoms with Gasteiger partial charge in [0.15, 0.2) is 0 Å². The molecule has 0 atom stereocenters. The zero-order valence-corrected chi connectivity index (χ0v) is 25.0. The van der Waals surface area contributed by atoms with Gasteiger partial charge in [-0.25, -0.2) is 4.79 Å². The minimum Gasteiger partial charge on any atom is -0.493 e. The summed E-state index contributed by atoms with van der Waals surface area (Å²) in [6, 6.07) is 31.8. The Morgan fingerprint density at radius 3 is 2.11 bits per heavy atom. The van der Waals surface area contributed by atoms with E-state index in [0.29, 0.717) is 19.8 Å². The highest BCUT2D eigenvalue weighted by Gasteiger charge is 2.12. The molecule has 7 heteroatoms. The third-order valence-electron chi connectivity index (χ3n) is 7.89. The molecule has 0 bridgehead atoms. The normalized spacial score (nSPS) is 11.1. The van der Waals surface area contributed by atoms with Gasteiger partial charge in [-0.3, -0.25) is 9.97 Å². The van der Waals surface area contributed by atoms with Crippen LogP contribution in [0.15, 0.2) is 116 Å². The van der Waals surface area contributed by atoms with Crippen molar-refractivity contribution in [1.82, 2.24) is 15.3 Å². The Labute approximate surface area is 262 Å². The largest absolute Gasteiger partial charge is 0.493 e. The van der Waals surface area contributed by atoms with Crippen LogP contribution in [0.25, 0.3) is 43.8 Å². The Kier molecular flexibility index (Phi) is 9.58. The highest BCUT2D eigenvalue weighted by atomic mass is 16.5. The lowest BCUT2D eigenvalue weighted by Gasteiger charge is -2.16. The van der Waals surface area contributed by atoms with Crippen LogP contribution in [0.1, 0.15) is 17.5 Å². The smallest absolute Gasteiger partial charge is 0.404 e. The van der Waals surface area contributed by atoms with Crippen molar-refractivity contribution >= 4 is 27.6 Å².